The van der Waals surface area contributed by atoms with E-state index in [0.29, 0.717) is 18.8 Å². The Balaban J connectivity index is 1.42. The second-order valence-corrected chi connectivity index (χ2v) is 6.60. The van der Waals surface area contributed by atoms with Crippen molar-refractivity contribution in [3.8, 4) is 0 Å². The molecule has 0 spiro atoms. The van der Waals surface area contributed by atoms with E-state index >= 15 is 0 Å². The molecule has 0 radical (unpaired) electrons. The van der Waals surface area contributed by atoms with E-state index < -0.39 is 0 Å². The minimum Gasteiger partial charge on any atom is -0.371 e. The van der Waals surface area contributed by atoms with Crippen LogP contribution in [0.25, 0.3) is 0 Å². The lowest BCUT2D eigenvalue weighted by Gasteiger charge is -2.44. The third-order valence-corrected chi connectivity index (χ3v) is 4.80. The van der Waals surface area contributed by atoms with Crippen molar-refractivity contribution in [1.29, 1.82) is 0 Å². The average Bonchev–Trinajstić information content (AvgIpc) is 2.66. The van der Waals surface area contributed by atoms with Gasteiger partial charge in [-0.1, -0.05) is 91.0 Å². The summed E-state index contributed by atoms with van der Waals surface area (Å²) in [5.41, 5.74) is 3.93. The molecule has 2 nitrogen and oxygen atoms in total. The molecule has 1 heterocycles. The van der Waals surface area contributed by atoms with Gasteiger partial charge in [0, 0.05) is 13.1 Å². The summed E-state index contributed by atoms with van der Waals surface area (Å²) in [5.74, 6) is 0. The van der Waals surface area contributed by atoms with Gasteiger partial charge in [0.2, 0.25) is 0 Å². The van der Waals surface area contributed by atoms with Crippen LogP contribution < -0.4 is 0 Å². The molecule has 1 aliphatic rings. The molecule has 0 saturated carbocycles. The Bertz CT molecular complexity index is 727. The molecule has 0 aromatic heterocycles. The first-order chi connectivity index (χ1) is 12.4. The number of ether oxygens (including phenoxy) is 1. The van der Waals surface area contributed by atoms with E-state index in [1.165, 1.54) is 16.7 Å². The van der Waals surface area contributed by atoms with Gasteiger partial charge in [0.05, 0.1) is 18.8 Å². The molecule has 0 aliphatic carbocycles. The van der Waals surface area contributed by atoms with Gasteiger partial charge < -0.3 is 4.74 Å². The minimum atomic E-state index is 0.305. The molecule has 1 fully saturated rings. The van der Waals surface area contributed by atoms with E-state index in [0.717, 1.165) is 13.1 Å². The Hall–Kier alpha value is -2.42. The molecule has 0 bridgehead atoms. The van der Waals surface area contributed by atoms with Crippen LogP contribution in [-0.4, -0.2) is 24.1 Å². The van der Waals surface area contributed by atoms with Crippen LogP contribution in [0.3, 0.4) is 0 Å². The summed E-state index contributed by atoms with van der Waals surface area (Å²) < 4.78 is 6.07. The Labute approximate surface area is 149 Å². The zero-order valence-electron chi connectivity index (χ0n) is 14.3. The second-order valence-electron chi connectivity index (χ2n) is 6.60. The van der Waals surface area contributed by atoms with Crippen molar-refractivity contribution in [2.24, 2.45) is 0 Å². The summed E-state index contributed by atoms with van der Waals surface area (Å²) >= 11 is 0. The Morgan fingerprint density at radius 3 is 1.72 bits per heavy atom. The van der Waals surface area contributed by atoms with Gasteiger partial charge in [-0.3, -0.25) is 4.90 Å². The van der Waals surface area contributed by atoms with Crippen LogP contribution in [0.2, 0.25) is 0 Å². The first kappa shape index (κ1) is 16.1. The van der Waals surface area contributed by atoms with Crippen LogP contribution >= 0.6 is 0 Å². The zero-order valence-corrected chi connectivity index (χ0v) is 14.3. The SMILES string of the molecule is c1ccc(COC2CN(C(c3ccccc3)c3ccccc3)C2)cc1. The van der Waals surface area contributed by atoms with Crippen molar-refractivity contribution >= 4 is 0 Å². The van der Waals surface area contributed by atoms with Gasteiger partial charge in [0.25, 0.3) is 0 Å². The van der Waals surface area contributed by atoms with E-state index in [-0.39, 0.29) is 0 Å². The lowest BCUT2D eigenvalue weighted by molar-refractivity contribution is -0.0740. The third kappa shape index (κ3) is 3.81. The summed E-state index contributed by atoms with van der Waals surface area (Å²) in [6.07, 6.45) is 0.315. The molecule has 25 heavy (non-hydrogen) atoms. The first-order valence-corrected chi connectivity index (χ1v) is 8.89. The van der Waals surface area contributed by atoms with Gasteiger partial charge in [0.1, 0.15) is 0 Å². The lowest BCUT2D eigenvalue weighted by atomic mass is 9.94. The summed E-state index contributed by atoms with van der Waals surface area (Å²) in [6.45, 7) is 2.64. The van der Waals surface area contributed by atoms with Crippen LogP contribution in [0.4, 0.5) is 0 Å². The number of hydrogen-bond acceptors (Lipinski definition) is 2. The van der Waals surface area contributed by atoms with Gasteiger partial charge >= 0.3 is 0 Å². The molecule has 0 atom stereocenters. The highest BCUT2D eigenvalue weighted by atomic mass is 16.5. The van der Waals surface area contributed by atoms with Crippen molar-refractivity contribution < 1.29 is 4.74 Å². The monoisotopic (exact) mass is 329 g/mol. The normalized spacial score (nSPS) is 15.2. The predicted octanol–water partition coefficient (Wildman–Crippen LogP) is 4.68. The predicted molar refractivity (Wildman–Crippen MR) is 101 cm³/mol. The fourth-order valence-corrected chi connectivity index (χ4v) is 3.46. The Morgan fingerprint density at radius 1 is 0.720 bits per heavy atom. The molecule has 3 aromatic rings. The molecule has 0 N–H and O–H groups in total. The van der Waals surface area contributed by atoms with Crippen molar-refractivity contribution in [2.75, 3.05) is 13.1 Å². The molecular formula is C23H23NO. The largest absolute Gasteiger partial charge is 0.371 e. The lowest BCUT2D eigenvalue weighted by Crippen LogP contribution is -2.53. The van der Waals surface area contributed by atoms with Crippen LogP contribution in [0.1, 0.15) is 22.7 Å². The molecule has 3 aromatic carbocycles. The quantitative estimate of drug-likeness (QED) is 0.651. The highest BCUT2D eigenvalue weighted by Crippen LogP contribution is 2.33. The maximum atomic E-state index is 6.07. The number of rotatable bonds is 6. The molecule has 126 valence electrons. The fourth-order valence-electron chi connectivity index (χ4n) is 3.46. The van der Waals surface area contributed by atoms with Crippen LogP contribution in [0.5, 0.6) is 0 Å². The van der Waals surface area contributed by atoms with Gasteiger partial charge in [-0.15, -0.1) is 0 Å². The number of nitrogens with zero attached hydrogens (tertiary/aromatic N) is 1. The van der Waals surface area contributed by atoms with Crippen molar-refractivity contribution in [2.45, 2.75) is 18.8 Å². The van der Waals surface area contributed by atoms with Gasteiger partial charge in [0.15, 0.2) is 0 Å². The Morgan fingerprint density at radius 2 is 1.20 bits per heavy atom. The maximum Gasteiger partial charge on any atom is 0.0833 e. The standard InChI is InChI=1S/C23H23NO/c1-4-10-19(11-5-1)18-25-22-16-24(17-22)23(20-12-6-2-7-13-20)21-14-8-3-9-15-21/h1-15,22-23H,16-18H2. The molecule has 2 heteroatoms. The van der Waals surface area contributed by atoms with Gasteiger partial charge in [-0.05, 0) is 16.7 Å². The van der Waals surface area contributed by atoms with Gasteiger partial charge in [-0.25, -0.2) is 0 Å². The van der Waals surface area contributed by atoms with E-state index in [4.69, 9.17) is 4.74 Å². The summed E-state index contributed by atoms with van der Waals surface area (Å²) in [6, 6.07) is 32.2. The van der Waals surface area contributed by atoms with E-state index in [9.17, 15) is 0 Å². The summed E-state index contributed by atoms with van der Waals surface area (Å²) in [4.78, 5) is 2.50. The van der Waals surface area contributed by atoms with Crippen LogP contribution in [0, 0.1) is 0 Å². The molecule has 0 amide bonds. The second kappa shape index (κ2) is 7.64. The molecule has 1 saturated heterocycles. The Kier molecular flexibility index (Phi) is 4.91. The highest BCUT2D eigenvalue weighted by molar-refractivity contribution is 5.32. The van der Waals surface area contributed by atoms with Crippen molar-refractivity contribution in [1.82, 2.24) is 4.90 Å². The topological polar surface area (TPSA) is 12.5 Å². The number of hydrogen-bond donors (Lipinski definition) is 0. The highest BCUT2D eigenvalue weighted by Gasteiger charge is 2.34. The number of likely N-dealkylation sites (tertiary alicyclic amines) is 1. The third-order valence-electron chi connectivity index (χ3n) is 4.80. The van der Waals surface area contributed by atoms with Crippen molar-refractivity contribution in [3.05, 3.63) is 108 Å². The first-order valence-electron chi connectivity index (χ1n) is 8.89. The average molecular weight is 329 g/mol. The van der Waals surface area contributed by atoms with E-state index in [2.05, 4.69) is 89.8 Å². The molecule has 0 unspecified atom stereocenters. The van der Waals surface area contributed by atoms with Gasteiger partial charge in [-0.2, -0.15) is 0 Å². The van der Waals surface area contributed by atoms with E-state index in [1.54, 1.807) is 0 Å². The molecule has 1 aliphatic heterocycles. The van der Waals surface area contributed by atoms with Crippen LogP contribution in [-0.2, 0) is 11.3 Å². The molecule has 4 rings (SSSR count). The molecular weight excluding hydrogens is 306 g/mol. The van der Waals surface area contributed by atoms with Crippen LogP contribution in [0.15, 0.2) is 91.0 Å². The smallest absolute Gasteiger partial charge is 0.0833 e. The fraction of sp³-hybridized carbons (Fsp3) is 0.217. The number of benzene rings is 3. The van der Waals surface area contributed by atoms with Crippen molar-refractivity contribution in [3.63, 3.8) is 0 Å². The minimum absolute atomic E-state index is 0.305. The maximum absolute atomic E-state index is 6.07. The summed E-state index contributed by atoms with van der Waals surface area (Å²) in [7, 11) is 0. The summed E-state index contributed by atoms with van der Waals surface area (Å²) in [5, 5.41) is 0. The van der Waals surface area contributed by atoms with E-state index in [1.807, 2.05) is 6.07 Å². The zero-order chi connectivity index (χ0) is 16.9.